The fourth-order valence-corrected chi connectivity index (χ4v) is 3.17. The van der Waals surface area contributed by atoms with Crippen LogP contribution in [0.4, 0.5) is 0 Å². The van der Waals surface area contributed by atoms with E-state index in [-0.39, 0.29) is 5.78 Å². The Bertz CT molecular complexity index is 674. The van der Waals surface area contributed by atoms with Crippen LogP contribution in [-0.4, -0.2) is 12.9 Å². The molecule has 0 bridgehead atoms. The minimum absolute atomic E-state index is 0.0190. The molecular formula is C16H12O2S. The summed E-state index contributed by atoms with van der Waals surface area (Å²) in [5.41, 5.74) is 1.68. The maximum Gasteiger partial charge on any atom is 0.190 e. The lowest BCUT2D eigenvalue weighted by atomic mass is 10.1. The minimum Gasteiger partial charge on any atom is -0.496 e. The Labute approximate surface area is 116 Å². The van der Waals surface area contributed by atoms with E-state index in [4.69, 9.17) is 4.74 Å². The number of ketones is 1. The van der Waals surface area contributed by atoms with Crippen LogP contribution in [0.1, 0.15) is 15.9 Å². The van der Waals surface area contributed by atoms with Crippen molar-refractivity contribution in [2.45, 2.75) is 9.79 Å². The number of hydrogen-bond acceptors (Lipinski definition) is 3. The highest BCUT2D eigenvalue weighted by molar-refractivity contribution is 7.99. The number of ether oxygens (including phenoxy) is 1. The zero-order valence-corrected chi connectivity index (χ0v) is 11.2. The molecule has 1 aliphatic rings. The lowest BCUT2D eigenvalue weighted by molar-refractivity contribution is 0.104. The monoisotopic (exact) mass is 268 g/mol. The van der Waals surface area contributed by atoms with Crippen molar-refractivity contribution >= 4 is 23.3 Å². The summed E-state index contributed by atoms with van der Waals surface area (Å²) >= 11 is 1.60. The van der Waals surface area contributed by atoms with Gasteiger partial charge in [0.25, 0.3) is 0 Å². The second kappa shape index (κ2) is 4.94. The van der Waals surface area contributed by atoms with Gasteiger partial charge >= 0.3 is 0 Å². The maximum absolute atomic E-state index is 12.3. The summed E-state index contributed by atoms with van der Waals surface area (Å²) in [6.07, 6.45) is 1.57. The number of methoxy groups -OCH3 is 1. The van der Waals surface area contributed by atoms with E-state index >= 15 is 0 Å². The van der Waals surface area contributed by atoms with E-state index in [2.05, 4.69) is 0 Å². The number of hydrogen-bond donors (Lipinski definition) is 0. The van der Waals surface area contributed by atoms with Crippen molar-refractivity contribution < 1.29 is 9.53 Å². The van der Waals surface area contributed by atoms with Crippen LogP contribution in [0.3, 0.4) is 0 Å². The molecule has 2 aromatic carbocycles. The van der Waals surface area contributed by atoms with Crippen LogP contribution >= 0.6 is 11.8 Å². The molecule has 0 aliphatic carbocycles. The van der Waals surface area contributed by atoms with E-state index in [9.17, 15) is 4.79 Å². The summed E-state index contributed by atoms with van der Waals surface area (Å²) in [5.74, 6) is 0.594. The highest BCUT2D eigenvalue weighted by atomic mass is 32.2. The Hall–Kier alpha value is -2.00. The third-order valence-corrected chi connectivity index (χ3v) is 4.16. The third kappa shape index (κ3) is 2.17. The topological polar surface area (TPSA) is 26.3 Å². The van der Waals surface area contributed by atoms with Gasteiger partial charge in [-0.2, -0.15) is 0 Å². The Morgan fingerprint density at radius 2 is 1.47 bits per heavy atom. The zero-order valence-electron chi connectivity index (χ0n) is 10.4. The summed E-state index contributed by atoms with van der Waals surface area (Å²) in [4.78, 5) is 14.3. The van der Waals surface area contributed by atoms with Gasteiger partial charge in [-0.25, -0.2) is 0 Å². The molecule has 3 rings (SSSR count). The van der Waals surface area contributed by atoms with Crippen LogP contribution in [0.15, 0.2) is 64.4 Å². The standard InChI is InChI=1S/C16H12O2S/c1-18-14-10-13(17)11-6-2-4-8-15(11)19-16-9-5-3-7-12(14)16/h2-10H,1H3/b14-10+. The van der Waals surface area contributed by atoms with Gasteiger partial charge in [-0.1, -0.05) is 42.1 Å². The lowest BCUT2D eigenvalue weighted by Gasteiger charge is -2.16. The first kappa shape index (κ1) is 12.1. The molecule has 0 unspecified atom stereocenters. The van der Waals surface area contributed by atoms with Crippen molar-refractivity contribution in [1.82, 2.24) is 0 Å². The molecule has 0 amide bonds. The average Bonchev–Trinajstić information content (AvgIpc) is 2.44. The van der Waals surface area contributed by atoms with Gasteiger partial charge in [-0.05, 0) is 18.2 Å². The Morgan fingerprint density at radius 1 is 0.895 bits per heavy atom. The molecule has 2 nitrogen and oxygen atoms in total. The molecule has 94 valence electrons. The number of carbonyl (C=O) groups excluding carboxylic acids is 1. The number of fused-ring (bicyclic) bond motifs is 2. The zero-order chi connectivity index (χ0) is 13.2. The molecule has 0 saturated carbocycles. The predicted molar refractivity (Wildman–Crippen MR) is 76.3 cm³/mol. The molecule has 1 heterocycles. The van der Waals surface area contributed by atoms with Crippen molar-refractivity contribution in [3.63, 3.8) is 0 Å². The van der Waals surface area contributed by atoms with Gasteiger partial charge in [-0.15, -0.1) is 0 Å². The van der Waals surface area contributed by atoms with E-state index in [0.717, 1.165) is 20.9 Å². The number of benzene rings is 2. The Balaban J connectivity index is 2.25. The van der Waals surface area contributed by atoms with Gasteiger partial charge < -0.3 is 4.74 Å². The molecule has 0 N–H and O–H groups in total. The van der Waals surface area contributed by atoms with Crippen LogP contribution in [0, 0.1) is 0 Å². The van der Waals surface area contributed by atoms with Gasteiger partial charge in [0.2, 0.25) is 0 Å². The van der Waals surface area contributed by atoms with E-state index in [0.29, 0.717) is 5.76 Å². The quantitative estimate of drug-likeness (QED) is 0.781. The normalized spacial score (nSPS) is 16.5. The number of rotatable bonds is 1. The molecule has 1 aliphatic heterocycles. The highest BCUT2D eigenvalue weighted by Crippen LogP contribution is 2.37. The molecule has 0 atom stereocenters. The molecular weight excluding hydrogens is 256 g/mol. The predicted octanol–water partition coefficient (Wildman–Crippen LogP) is 4.02. The molecule has 0 spiro atoms. The minimum atomic E-state index is -0.0190. The average molecular weight is 268 g/mol. The van der Waals surface area contributed by atoms with Crippen LogP contribution in [-0.2, 0) is 4.74 Å². The van der Waals surface area contributed by atoms with Crippen LogP contribution in [0.25, 0.3) is 5.76 Å². The first-order chi connectivity index (χ1) is 9.29. The van der Waals surface area contributed by atoms with E-state index in [1.807, 2.05) is 48.5 Å². The molecule has 0 aromatic heterocycles. The third-order valence-electron chi connectivity index (χ3n) is 3.01. The first-order valence-corrected chi connectivity index (χ1v) is 6.77. The Morgan fingerprint density at radius 3 is 2.16 bits per heavy atom. The molecule has 0 radical (unpaired) electrons. The van der Waals surface area contributed by atoms with E-state index in [1.54, 1.807) is 24.9 Å². The van der Waals surface area contributed by atoms with Gasteiger partial charge in [0, 0.05) is 27.0 Å². The van der Waals surface area contributed by atoms with Crippen molar-refractivity contribution in [1.29, 1.82) is 0 Å². The molecule has 3 heteroatoms. The first-order valence-electron chi connectivity index (χ1n) is 5.96. The largest absolute Gasteiger partial charge is 0.496 e. The van der Waals surface area contributed by atoms with Crippen LogP contribution in [0.2, 0.25) is 0 Å². The van der Waals surface area contributed by atoms with Gasteiger partial charge in [0.15, 0.2) is 5.78 Å². The highest BCUT2D eigenvalue weighted by Gasteiger charge is 2.18. The van der Waals surface area contributed by atoms with Crippen LogP contribution < -0.4 is 0 Å². The van der Waals surface area contributed by atoms with Crippen molar-refractivity contribution in [2.75, 3.05) is 7.11 Å². The van der Waals surface area contributed by atoms with E-state index in [1.165, 1.54) is 0 Å². The Kier molecular flexibility index (Phi) is 3.13. The van der Waals surface area contributed by atoms with E-state index < -0.39 is 0 Å². The van der Waals surface area contributed by atoms with Gasteiger partial charge in [-0.3, -0.25) is 4.79 Å². The number of allylic oxidation sites excluding steroid dienone is 1. The summed E-state index contributed by atoms with van der Waals surface area (Å²) in [5, 5.41) is 0. The number of carbonyl (C=O) groups is 1. The molecule has 0 saturated heterocycles. The molecule has 19 heavy (non-hydrogen) atoms. The van der Waals surface area contributed by atoms with Crippen LogP contribution in [0.5, 0.6) is 0 Å². The molecule has 2 aromatic rings. The summed E-state index contributed by atoms with van der Waals surface area (Å²) < 4.78 is 5.37. The molecule has 0 fully saturated rings. The van der Waals surface area contributed by atoms with Crippen molar-refractivity contribution in [2.24, 2.45) is 0 Å². The second-order valence-corrected chi connectivity index (χ2v) is 5.26. The maximum atomic E-state index is 12.3. The summed E-state index contributed by atoms with van der Waals surface area (Å²) in [6, 6.07) is 15.6. The second-order valence-electron chi connectivity index (χ2n) is 4.17. The summed E-state index contributed by atoms with van der Waals surface area (Å²) in [7, 11) is 1.59. The SMILES string of the molecule is CO/C1=C/C(=O)c2ccccc2Sc2ccccc21. The fraction of sp³-hybridized carbons (Fsp3) is 0.0625. The summed E-state index contributed by atoms with van der Waals surface area (Å²) in [6.45, 7) is 0. The smallest absolute Gasteiger partial charge is 0.190 e. The fourth-order valence-electron chi connectivity index (χ4n) is 2.08. The van der Waals surface area contributed by atoms with Gasteiger partial charge in [0.1, 0.15) is 5.76 Å². The lowest BCUT2D eigenvalue weighted by Crippen LogP contribution is -2.03. The van der Waals surface area contributed by atoms with Crippen molar-refractivity contribution in [3.8, 4) is 0 Å². The van der Waals surface area contributed by atoms with Crippen molar-refractivity contribution in [3.05, 3.63) is 65.7 Å². The van der Waals surface area contributed by atoms with Gasteiger partial charge in [0.05, 0.1) is 7.11 Å².